The number of fused-ring (bicyclic) bond motifs is 2. The van der Waals surface area contributed by atoms with Crippen LogP contribution in [0.2, 0.25) is 0 Å². The third-order valence-corrected chi connectivity index (χ3v) is 4.66. The molecule has 1 amide bonds. The first-order valence-electron chi connectivity index (χ1n) is 8.83. The van der Waals surface area contributed by atoms with Crippen LogP contribution in [-0.4, -0.2) is 28.9 Å². The Morgan fingerprint density at radius 3 is 2.48 bits per heavy atom. The monoisotopic (exact) mass is 364 g/mol. The number of nitrogens with one attached hydrogen (secondary N) is 1. The van der Waals surface area contributed by atoms with E-state index >= 15 is 0 Å². The van der Waals surface area contributed by atoms with Gasteiger partial charge in [0.15, 0.2) is 17.2 Å². The Morgan fingerprint density at radius 2 is 1.81 bits per heavy atom. The fourth-order valence-electron chi connectivity index (χ4n) is 2.96. The molecule has 138 valence electrons. The van der Waals surface area contributed by atoms with E-state index < -0.39 is 0 Å². The second kappa shape index (κ2) is 6.75. The number of nitrogen functional groups attached to an aromatic ring is 1. The zero-order valence-electron chi connectivity index (χ0n) is 15.2. The number of rotatable bonds is 4. The van der Waals surface area contributed by atoms with Crippen LogP contribution in [0.1, 0.15) is 30.8 Å². The summed E-state index contributed by atoms with van der Waals surface area (Å²) >= 11 is 0. The summed E-state index contributed by atoms with van der Waals surface area (Å²) in [6.07, 6.45) is 0.826. The zero-order valence-corrected chi connectivity index (χ0v) is 15.2. The molecule has 7 heteroatoms. The van der Waals surface area contributed by atoms with Gasteiger partial charge in [-0.15, -0.1) is 10.2 Å². The summed E-state index contributed by atoms with van der Waals surface area (Å²) in [6, 6.07) is 11.0. The second-order valence-corrected chi connectivity index (χ2v) is 6.55. The lowest BCUT2D eigenvalue weighted by atomic mass is 10.0. The Labute approximate surface area is 156 Å². The first kappa shape index (κ1) is 17.1. The SMILES string of the molecule is CCC(C)NC(=O)c1nnc(-c2ccc(N)cc2)c2cc3c(cc12)OCO3. The molecule has 2 aromatic carbocycles. The van der Waals surface area contributed by atoms with Gasteiger partial charge >= 0.3 is 0 Å². The number of aromatic nitrogens is 2. The molecule has 1 unspecified atom stereocenters. The molecular formula is C20H20N4O3. The van der Waals surface area contributed by atoms with Crippen molar-refractivity contribution in [1.29, 1.82) is 0 Å². The van der Waals surface area contributed by atoms with Gasteiger partial charge in [-0.05, 0) is 37.6 Å². The van der Waals surface area contributed by atoms with Gasteiger partial charge in [-0.1, -0.05) is 19.1 Å². The smallest absolute Gasteiger partial charge is 0.272 e. The van der Waals surface area contributed by atoms with Crippen LogP contribution in [0, 0.1) is 0 Å². The van der Waals surface area contributed by atoms with Gasteiger partial charge in [0.05, 0.1) is 0 Å². The minimum atomic E-state index is -0.260. The van der Waals surface area contributed by atoms with Crippen molar-refractivity contribution < 1.29 is 14.3 Å². The molecule has 0 aliphatic carbocycles. The summed E-state index contributed by atoms with van der Waals surface area (Å²) in [5.41, 5.74) is 8.23. The highest BCUT2D eigenvalue weighted by Gasteiger charge is 2.22. The van der Waals surface area contributed by atoms with E-state index in [1.165, 1.54) is 0 Å². The number of carbonyl (C=O) groups is 1. The molecule has 3 N–H and O–H groups in total. The lowest BCUT2D eigenvalue weighted by Crippen LogP contribution is -2.32. The van der Waals surface area contributed by atoms with Crippen LogP contribution in [0.3, 0.4) is 0 Å². The van der Waals surface area contributed by atoms with E-state index in [2.05, 4.69) is 15.5 Å². The minimum Gasteiger partial charge on any atom is -0.454 e. The average Bonchev–Trinajstić information content (AvgIpc) is 3.13. The van der Waals surface area contributed by atoms with Crippen molar-refractivity contribution in [3.8, 4) is 22.8 Å². The molecule has 4 rings (SSSR count). The Bertz CT molecular complexity index is 1020. The standard InChI is InChI=1S/C20H20N4O3/c1-3-11(2)22-20(25)19-15-9-17-16(26-10-27-17)8-14(15)18(23-24-19)12-4-6-13(21)7-5-12/h4-9,11H,3,10,21H2,1-2H3,(H,22,25). The van der Waals surface area contributed by atoms with Crippen molar-refractivity contribution >= 4 is 22.4 Å². The fraction of sp³-hybridized carbons (Fsp3) is 0.250. The van der Waals surface area contributed by atoms with Gasteiger partial charge in [-0.25, -0.2) is 0 Å². The third kappa shape index (κ3) is 3.12. The van der Waals surface area contributed by atoms with Crippen molar-refractivity contribution in [2.24, 2.45) is 0 Å². The topological polar surface area (TPSA) is 99.4 Å². The molecule has 0 fully saturated rings. The molecule has 3 aromatic rings. The van der Waals surface area contributed by atoms with E-state index in [-0.39, 0.29) is 24.4 Å². The minimum absolute atomic E-state index is 0.0418. The lowest BCUT2D eigenvalue weighted by molar-refractivity contribution is 0.0935. The quantitative estimate of drug-likeness (QED) is 0.690. The van der Waals surface area contributed by atoms with E-state index in [0.29, 0.717) is 28.3 Å². The molecule has 0 saturated heterocycles. The van der Waals surface area contributed by atoms with E-state index in [1.807, 2.05) is 32.0 Å². The van der Waals surface area contributed by atoms with Crippen molar-refractivity contribution in [3.63, 3.8) is 0 Å². The van der Waals surface area contributed by atoms with Gasteiger partial charge in [0.25, 0.3) is 5.91 Å². The van der Waals surface area contributed by atoms with Crippen molar-refractivity contribution in [2.75, 3.05) is 12.5 Å². The summed E-state index contributed by atoms with van der Waals surface area (Å²) in [7, 11) is 0. The Hall–Kier alpha value is -3.35. The number of amides is 1. The first-order valence-corrected chi connectivity index (χ1v) is 8.83. The van der Waals surface area contributed by atoms with Crippen LogP contribution in [0.4, 0.5) is 5.69 Å². The molecule has 1 aromatic heterocycles. The van der Waals surface area contributed by atoms with Crippen LogP contribution < -0.4 is 20.5 Å². The predicted octanol–water partition coefficient (Wildman–Crippen LogP) is 3.14. The van der Waals surface area contributed by atoms with Gasteiger partial charge in [0, 0.05) is 28.1 Å². The van der Waals surface area contributed by atoms with Crippen LogP contribution in [0.25, 0.3) is 22.0 Å². The van der Waals surface area contributed by atoms with Crippen molar-refractivity contribution in [2.45, 2.75) is 26.3 Å². The van der Waals surface area contributed by atoms with E-state index in [4.69, 9.17) is 15.2 Å². The van der Waals surface area contributed by atoms with Gasteiger partial charge in [-0.3, -0.25) is 4.79 Å². The summed E-state index contributed by atoms with van der Waals surface area (Å²) in [4.78, 5) is 12.7. The van der Waals surface area contributed by atoms with Crippen LogP contribution >= 0.6 is 0 Å². The van der Waals surface area contributed by atoms with Gasteiger partial charge < -0.3 is 20.5 Å². The number of anilines is 1. The molecule has 0 bridgehead atoms. The molecule has 2 heterocycles. The number of benzene rings is 2. The molecule has 0 saturated carbocycles. The highest BCUT2D eigenvalue weighted by Crippen LogP contribution is 2.39. The molecule has 7 nitrogen and oxygen atoms in total. The molecule has 1 aliphatic rings. The molecule has 0 spiro atoms. The maximum Gasteiger partial charge on any atom is 0.272 e. The first-order chi connectivity index (χ1) is 13.1. The van der Waals surface area contributed by atoms with Gasteiger partial charge in [0.2, 0.25) is 6.79 Å². The maximum absolute atomic E-state index is 12.7. The molecule has 1 aliphatic heterocycles. The normalized spacial score (nSPS) is 13.6. The molecule has 1 atom stereocenters. The predicted molar refractivity (Wildman–Crippen MR) is 103 cm³/mol. The molecular weight excluding hydrogens is 344 g/mol. The van der Waals surface area contributed by atoms with Gasteiger partial charge in [-0.2, -0.15) is 0 Å². The number of nitrogens with zero attached hydrogens (tertiary/aromatic N) is 2. The summed E-state index contributed by atoms with van der Waals surface area (Å²) < 4.78 is 11.0. The summed E-state index contributed by atoms with van der Waals surface area (Å²) in [5.74, 6) is 0.960. The Morgan fingerprint density at radius 1 is 1.15 bits per heavy atom. The van der Waals surface area contributed by atoms with Gasteiger partial charge in [0.1, 0.15) is 5.69 Å². The lowest BCUT2D eigenvalue weighted by Gasteiger charge is -2.13. The molecule has 0 radical (unpaired) electrons. The Balaban J connectivity index is 1.90. The number of ether oxygens (including phenoxy) is 2. The van der Waals surface area contributed by atoms with Crippen molar-refractivity contribution in [1.82, 2.24) is 15.5 Å². The van der Waals surface area contributed by atoms with Crippen molar-refractivity contribution in [3.05, 3.63) is 42.1 Å². The summed E-state index contributed by atoms with van der Waals surface area (Å²) in [6.45, 7) is 4.11. The second-order valence-electron chi connectivity index (χ2n) is 6.55. The van der Waals surface area contributed by atoms with E-state index in [9.17, 15) is 4.79 Å². The van der Waals surface area contributed by atoms with Crippen LogP contribution in [0.15, 0.2) is 36.4 Å². The highest BCUT2D eigenvalue weighted by molar-refractivity contribution is 6.09. The number of hydrogen-bond acceptors (Lipinski definition) is 6. The number of hydrogen-bond donors (Lipinski definition) is 2. The van der Waals surface area contributed by atoms with E-state index in [1.54, 1.807) is 18.2 Å². The molecule has 27 heavy (non-hydrogen) atoms. The maximum atomic E-state index is 12.7. The third-order valence-electron chi connectivity index (χ3n) is 4.66. The van der Waals surface area contributed by atoms with E-state index in [0.717, 1.165) is 17.4 Å². The zero-order chi connectivity index (χ0) is 19.0. The number of nitrogens with two attached hydrogens (primary N) is 1. The van der Waals surface area contributed by atoms with Crippen LogP contribution in [-0.2, 0) is 0 Å². The summed E-state index contributed by atoms with van der Waals surface area (Å²) in [5, 5.41) is 12.9. The Kier molecular flexibility index (Phi) is 4.27. The number of carbonyl (C=O) groups excluding carboxylic acids is 1. The highest BCUT2D eigenvalue weighted by atomic mass is 16.7. The average molecular weight is 364 g/mol. The largest absolute Gasteiger partial charge is 0.454 e. The van der Waals surface area contributed by atoms with Crippen LogP contribution in [0.5, 0.6) is 11.5 Å². The fourth-order valence-corrected chi connectivity index (χ4v) is 2.96.